The van der Waals surface area contributed by atoms with Crippen molar-refractivity contribution in [3.63, 3.8) is 0 Å². The molecule has 3 heterocycles. The summed E-state index contributed by atoms with van der Waals surface area (Å²) in [6.45, 7) is 8.50. The number of piperazine rings is 1. The molecule has 1 N–H and O–H groups in total. The number of aryl methyl sites for hydroxylation is 1. The molecule has 2 fully saturated rings. The minimum absolute atomic E-state index is 0.00692. The van der Waals surface area contributed by atoms with Crippen LogP contribution >= 0.6 is 11.6 Å². The van der Waals surface area contributed by atoms with E-state index in [1.807, 2.05) is 24.0 Å². The molecule has 2 bridgehead atoms. The quantitative estimate of drug-likeness (QED) is 0.437. The van der Waals surface area contributed by atoms with E-state index in [0.717, 1.165) is 55.9 Å². The number of amides is 2. The molecule has 1 spiro atoms. The van der Waals surface area contributed by atoms with Crippen LogP contribution in [0.5, 0.6) is 5.75 Å². The third-order valence-electron chi connectivity index (χ3n) is 12.3. The number of benzene rings is 2. The summed E-state index contributed by atoms with van der Waals surface area (Å²) in [6.07, 6.45) is 9.17. The Morgan fingerprint density at radius 3 is 2.67 bits per heavy atom. The van der Waals surface area contributed by atoms with Gasteiger partial charge in [-0.1, -0.05) is 36.7 Å². The van der Waals surface area contributed by atoms with Gasteiger partial charge in [0.2, 0.25) is 15.9 Å². The molecule has 0 aromatic heterocycles. The van der Waals surface area contributed by atoms with Crippen molar-refractivity contribution in [1.82, 2.24) is 14.5 Å². The fraction of sp³-hybridized carbons (Fsp3) is 0.590. The number of hydrogen-bond donors (Lipinski definition) is 1. The second-order valence-electron chi connectivity index (χ2n) is 15.6. The SMILES string of the molecule is C[C@@H]1[C@@H](C)C/C=C/[C@H](OCC(=O)N2CCN(C)CC2)[C@@H]2CC[C@H]2CN2C[C@@]3(CCCc4cc(Cl)ccc43)COc3ccc(cc32)C(=O)NS1(=O)=O. The summed E-state index contributed by atoms with van der Waals surface area (Å²) in [5.74, 6) is 0.236. The van der Waals surface area contributed by atoms with Gasteiger partial charge in [0.25, 0.3) is 5.91 Å². The zero-order chi connectivity index (χ0) is 35.9. The number of rotatable bonds is 3. The predicted octanol–water partition coefficient (Wildman–Crippen LogP) is 5.04. The van der Waals surface area contributed by atoms with Crippen LogP contribution in [0.3, 0.4) is 0 Å². The topological polar surface area (TPSA) is 108 Å². The van der Waals surface area contributed by atoms with Crippen LogP contribution in [0.15, 0.2) is 48.6 Å². The van der Waals surface area contributed by atoms with Crippen molar-refractivity contribution in [3.05, 3.63) is 70.3 Å². The highest BCUT2D eigenvalue weighted by Crippen LogP contribution is 2.47. The standard InChI is InChI=1S/C39H51ClN4O6S/c1-26-6-4-8-35(49-23-37(45)43-18-16-42(3)17-19-43)32-12-9-30(32)22-44-24-39(15-5-7-28-20-31(40)11-13-33(28)39)25-50-36-14-10-29(21-34(36)44)38(46)41-51(47,48)27(26)2/h4,8,10-11,13-14,20-21,26-27,30,32,35H,5-7,9,12,15-19,22-25H2,1-3H3,(H,41,46)/b8-4+/t26-,27+,30-,32+,35-,39-/m0/s1. The van der Waals surface area contributed by atoms with E-state index in [4.69, 9.17) is 21.1 Å². The number of nitrogens with one attached hydrogen (secondary N) is 1. The van der Waals surface area contributed by atoms with E-state index in [2.05, 4.69) is 39.8 Å². The van der Waals surface area contributed by atoms with Gasteiger partial charge in [0.1, 0.15) is 12.4 Å². The molecular weight excluding hydrogens is 688 g/mol. The van der Waals surface area contributed by atoms with Crippen molar-refractivity contribution in [2.45, 2.75) is 69.1 Å². The van der Waals surface area contributed by atoms with Gasteiger partial charge in [0.15, 0.2) is 0 Å². The normalized spacial score (nSPS) is 31.7. The molecule has 3 aliphatic heterocycles. The van der Waals surface area contributed by atoms with Gasteiger partial charge < -0.3 is 24.2 Å². The van der Waals surface area contributed by atoms with E-state index in [-0.39, 0.29) is 47.4 Å². The second kappa shape index (κ2) is 14.7. The van der Waals surface area contributed by atoms with Crippen LogP contribution in [0.4, 0.5) is 5.69 Å². The summed E-state index contributed by atoms with van der Waals surface area (Å²) in [5.41, 5.74) is 3.27. The number of carbonyl (C=O) groups excluding carboxylic acids is 2. The largest absolute Gasteiger partial charge is 0.490 e. The van der Waals surface area contributed by atoms with Gasteiger partial charge in [0, 0.05) is 55.3 Å². The molecule has 10 nitrogen and oxygen atoms in total. The van der Waals surface area contributed by atoms with Crippen molar-refractivity contribution in [2.75, 3.05) is 64.4 Å². The van der Waals surface area contributed by atoms with Crippen molar-refractivity contribution >= 4 is 39.1 Å². The van der Waals surface area contributed by atoms with E-state index >= 15 is 0 Å². The number of anilines is 1. The maximum absolute atomic E-state index is 13.5. The van der Waals surface area contributed by atoms with Crippen molar-refractivity contribution in [2.24, 2.45) is 17.8 Å². The Bertz CT molecular complexity index is 1780. The van der Waals surface area contributed by atoms with E-state index in [9.17, 15) is 18.0 Å². The molecular formula is C39H51ClN4O6S. The molecule has 2 aliphatic carbocycles. The van der Waals surface area contributed by atoms with Gasteiger partial charge in [-0.05, 0) is 112 Å². The fourth-order valence-corrected chi connectivity index (χ4v) is 10.1. The van der Waals surface area contributed by atoms with Gasteiger partial charge in [-0.3, -0.25) is 9.59 Å². The Balaban J connectivity index is 1.23. The van der Waals surface area contributed by atoms with E-state index in [1.54, 1.807) is 25.1 Å². The van der Waals surface area contributed by atoms with Crippen molar-refractivity contribution in [1.29, 1.82) is 0 Å². The first-order chi connectivity index (χ1) is 24.4. The van der Waals surface area contributed by atoms with Crippen LogP contribution in [-0.2, 0) is 31.4 Å². The van der Waals surface area contributed by atoms with E-state index in [0.29, 0.717) is 45.0 Å². The molecule has 2 amide bonds. The van der Waals surface area contributed by atoms with Gasteiger partial charge >= 0.3 is 0 Å². The highest BCUT2D eigenvalue weighted by molar-refractivity contribution is 7.90. The van der Waals surface area contributed by atoms with Crippen LogP contribution in [-0.4, -0.2) is 101 Å². The van der Waals surface area contributed by atoms with Crippen LogP contribution in [0, 0.1) is 17.8 Å². The number of ether oxygens (including phenoxy) is 2. The van der Waals surface area contributed by atoms with E-state index in [1.165, 1.54) is 11.1 Å². The van der Waals surface area contributed by atoms with Crippen molar-refractivity contribution in [3.8, 4) is 5.75 Å². The summed E-state index contributed by atoms with van der Waals surface area (Å²) in [5, 5.41) is -0.0838. The first-order valence-corrected chi connectivity index (χ1v) is 20.5. The molecule has 0 unspecified atom stereocenters. The molecule has 12 heteroatoms. The number of carbonyl (C=O) groups is 2. The van der Waals surface area contributed by atoms with Gasteiger partial charge in [-0.15, -0.1) is 0 Å². The first kappa shape index (κ1) is 36.2. The highest BCUT2D eigenvalue weighted by Gasteiger charge is 2.45. The molecule has 2 aromatic carbocycles. The third-order valence-corrected chi connectivity index (χ3v) is 14.4. The highest BCUT2D eigenvalue weighted by atomic mass is 35.5. The Morgan fingerprint density at radius 2 is 1.90 bits per heavy atom. The van der Waals surface area contributed by atoms with Crippen molar-refractivity contribution < 1.29 is 27.5 Å². The van der Waals surface area contributed by atoms with Crippen LogP contribution < -0.4 is 14.4 Å². The fourth-order valence-electron chi connectivity index (χ4n) is 8.63. The average Bonchev–Trinajstić information content (AvgIpc) is 3.24. The molecule has 0 radical (unpaired) electrons. The smallest absolute Gasteiger partial charge is 0.264 e. The Kier molecular flexibility index (Phi) is 10.5. The molecule has 1 saturated heterocycles. The number of sulfonamides is 1. The lowest BCUT2D eigenvalue weighted by atomic mass is 9.68. The van der Waals surface area contributed by atoms with E-state index < -0.39 is 21.2 Å². The predicted molar refractivity (Wildman–Crippen MR) is 199 cm³/mol. The second-order valence-corrected chi connectivity index (χ2v) is 18.0. The molecule has 276 valence electrons. The molecule has 6 atom stereocenters. The summed E-state index contributed by atoms with van der Waals surface area (Å²) >= 11 is 6.46. The van der Waals surface area contributed by atoms with Crippen LogP contribution in [0.1, 0.15) is 67.4 Å². The lowest BCUT2D eigenvalue weighted by Crippen LogP contribution is -2.50. The van der Waals surface area contributed by atoms with Gasteiger partial charge in [-0.2, -0.15) is 0 Å². The number of halogens is 1. The summed E-state index contributed by atoms with van der Waals surface area (Å²) in [6, 6.07) is 11.4. The minimum atomic E-state index is -3.97. The average molecular weight is 739 g/mol. The summed E-state index contributed by atoms with van der Waals surface area (Å²) in [4.78, 5) is 33.3. The number of likely N-dealkylation sites (N-methyl/N-ethyl adjacent to an activating group) is 1. The Hall–Kier alpha value is -3.12. The van der Waals surface area contributed by atoms with Crippen LogP contribution in [0.25, 0.3) is 0 Å². The lowest BCUT2D eigenvalue weighted by Gasteiger charge is -2.46. The van der Waals surface area contributed by atoms with Gasteiger partial charge in [-0.25, -0.2) is 13.1 Å². The van der Waals surface area contributed by atoms with Crippen LogP contribution in [0.2, 0.25) is 5.02 Å². The monoisotopic (exact) mass is 738 g/mol. The molecule has 1 saturated carbocycles. The lowest BCUT2D eigenvalue weighted by molar-refractivity contribution is -0.141. The molecule has 5 aliphatic rings. The van der Waals surface area contributed by atoms with Gasteiger partial charge in [0.05, 0.1) is 23.6 Å². The molecule has 51 heavy (non-hydrogen) atoms. The number of allylic oxidation sites excluding steroid dienone is 1. The number of nitrogens with zero attached hydrogens (tertiary/aromatic N) is 3. The number of fused-ring (bicyclic) bond motifs is 4. The first-order valence-electron chi connectivity index (χ1n) is 18.5. The maximum Gasteiger partial charge on any atom is 0.264 e. The molecule has 7 rings (SSSR count). The zero-order valence-electron chi connectivity index (χ0n) is 30.0. The maximum atomic E-state index is 13.5. The Morgan fingerprint density at radius 1 is 1.10 bits per heavy atom. The Labute approximate surface area is 307 Å². The molecule has 2 aromatic rings. The summed E-state index contributed by atoms with van der Waals surface area (Å²) in [7, 11) is -1.90. The number of hydrogen-bond acceptors (Lipinski definition) is 8. The zero-order valence-corrected chi connectivity index (χ0v) is 31.6. The minimum Gasteiger partial charge on any atom is -0.490 e. The summed E-state index contributed by atoms with van der Waals surface area (Å²) < 4.78 is 42.4. The third kappa shape index (κ3) is 7.54.